The number of hydrogen-bond donors (Lipinski definition) is 1. The Bertz CT molecular complexity index is 829. The van der Waals surface area contributed by atoms with Gasteiger partial charge in [0.1, 0.15) is 5.76 Å². The molecule has 3 saturated carbocycles. The molecule has 0 bridgehead atoms. The number of aliphatic hydroxyl groups excluding tert-OH is 1. The summed E-state index contributed by atoms with van der Waals surface area (Å²) in [4.78, 5) is 12.8. The van der Waals surface area contributed by atoms with Crippen LogP contribution in [0.2, 0.25) is 0 Å². The number of carbonyl (C=O) groups excluding carboxylic acids is 1. The topological polar surface area (TPSA) is 50.4 Å². The van der Waals surface area contributed by atoms with Gasteiger partial charge in [0.05, 0.1) is 6.10 Å². The minimum absolute atomic E-state index is 0.100. The zero-order valence-electron chi connectivity index (χ0n) is 18.9. The molecule has 3 fully saturated rings. The van der Waals surface area contributed by atoms with Crippen LogP contribution in [0.5, 0.6) is 0 Å². The zero-order chi connectivity index (χ0) is 20.8. The first-order chi connectivity index (χ1) is 13.5. The summed E-state index contributed by atoms with van der Waals surface area (Å²) in [6.07, 6.45) is 9.16. The molecule has 0 saturated heterocycles. The van der Waals surface area contributed by atoms with E-state index in [-0.39, 0.29) is 17.3 Å². The third-order valence-corrected chi connectivity index (χ3v) is 9.82. The minimum Gasteiger partial charge on any atom is -0.458 e. The summed E-state index contributed by atoms with van der Waals surface area (Å²) in [7, 11) is 0. The van der Waals surface area contributed by atoms with Crippen LogP contribution < -0.4 is 0 Å². The van der Waals surface area contributed by atoms with E-state index in [0.717, 1.165) is 36.9 Å². The van der Waals surface area contributed by atoms with Gasteiger partial charge in [0, 0.05) is 11.8 Å². The molecule has 4 aliphatic carbocycles. The molecule has 29 heavy (non-hydrogen) atoms. The van der Waals surface area contributed by atoms with E-state index < -0.39 is 5.41 Å². The number of Topliss-reactive ketones (excluding diaryl/α,β-unsaturated/α-hetero) is 1. The lowest BCUT2D eigenvalue weighted by Crippen LogP contribution is -2.54. The van der Waals surface area contributed by atoms with Gasteiger partial charge >= 0.3 is 0 Å². The van der Waals surface area contributed by atoms with E-state index in [4.69, 9.17) is 4.42 Å². The van der Waals surface area contributed by atoms with Gasteiger partial charge in [-0.05, 0) is 91.1 Å². The Hall–Kier alpha value is -1.09. The number of rotatable bonds is 1. The Morgan fingerprint density at radius 1 is 1.07 bits per heavy atom. The fourth-order valence-corrected chi connectivity index (χ4v) is 8.02. The molecule has 0 aromatic carbocycles. The van der Waals surface area contributed by atoms with E-state index in [1.807, 2.05) is 20.8 Å². The number of hydrogen-bond acceptors (Lipinski definition) is 3. The summed E-state index contributed by atoms with van der Waals surface area (Å²) in [5.74, 6) is 4.62. The maximum atomic E-state index is 12.8. The van der Waals surface area contributed by atoms with Crippen molar-refractivity contribution in [3.8, 4) is 0 Å². The Labute approximate surface area is 175 Å². The maximum Gasteiger partial charge on any atom is 0.203 e. The van der Waals surface area contributed by atoms with Crippen LogP contribution >= 0.6 is 0 Å². The lowest BCUT2D eigenvalue weighted by Gasteiger charge is -2.59. The van der Waals surface area contributed by atoms with Gasteiger partial charge in [-0.2, -0.15) is 0 Å². The number of furan rings is 1. The highest BCUT2D eigenvalue weighted by molar-refractivity contribution is 5.97. The SMILES string of the molecule is CC(C)(C)C(=O)c1cc2c(o1)C[C@@H]1CCC3C4CC[C@H](O)[C@@]4(C)CCC3[C@@]1(C)C2. The Kier molecular flexibility index (Phi) is 4.25. The predicted molar refractivity (Wildman–Crippen MR) is 114 cm³/mol. The standard InChI is InChI=1S/C26H38O3/c1-24(2,3)23(28)21-12-15-14-26(5)16(13-20(15)29-21)6-7-17-18-8-9-22(27)25(18,4)11-10-19(17)26/h12,16-19,22,27H,6-11,13-14H2,1-5H3/t16-,17?,18?,19?,22-,25-,26-/m0/s1. The van der Waals surface area contributed by atoms with Crippen molar-refractivity contribution in [1.82, 2.24) is 0 Å². The summed E-state index contributed by atoms with van der Waals surface area (Å²) in [5.41, 5.74) is 1.33. The molecule has 1 N–H and O–H groups in total. The molecule has 1 aromatic heterocycles. The summed E-state index contributed by atoms with van der Waals surface area (Å²) >= 11 is 0. The van der Waals surface area contributed by atoms with Crippen LogP contribution in [-0.2, 0) is 12.8 Å². The number of carbonyl (C=O) groups is 1. The minimum atomic E-state index is -0.403. The molecule has 0 amide bonds. The van der Waals surface area contributed by atoms with Gasteiger partial charge in [0.2, 0.25) is 5.78 Å². The third-order valence-electron chi connectivity index (χ3n) is 9.82. The highest BCUT2D eigenvalue weighted by Crippen LogP contribution is 2.65. The summed E-state index contributed by atoms with van der Waals surface area (Å²) in [6, 6.07) is 2.07. The second-order valence-corrected chi connectivity index (χ2v) is 12.3. The first-order valence-corrected chi connectivity index (χ1v) is 11.9. The smallest absolute Gasteiger partial charge is 0.203 e. The van der Waals surface area contributed by atoms with Crippen molar-refractivity contribution < 1.29 is 14.3 Å². The molecule has 4 aliphatic rings. The maximum absolute atomic E-state index is 12.8. The molecule has 7 atom stereocenters. The third kappa shape index (κ3) is 2.75. The van der Waals surface area contributed by atoms with Gasteiger partial charge in [-0.25, -0.2) is 0 Å². The van der Waals surface area contributed by atoms with Crippen LogP contribution in [0.15, 0.2) is 10.5 Å². The van der Waals surface area contributed by atoms with E-state index in [2.05, 4.69) is 19.9 Å². The number of aliphatic hydroxyl groups is 1. The quantitative estimate of drug-likeness (QED) is 0.606. The largest absolute Gasteiger partial charge is 0.458 e. The van der Waals surface area contributed by atoms with Gasteiger partial charge in [-0.15, -0.1) is 0 Å². The van der Waals surface area contributed by atoms with Crippen molar-refractivity contribution in [2.75, 3.05) is 0 Å². The molecular weight excluding hydrogens is 360 g/mol. The van der Waals surface area contributed by atoms with Crippen molar-refractivity contribution in [2.24, 2.45) is 39.9 Å². The summed E-state index contributed by atoms with van der Waals surface area (Å²) in [5, 5.41) is 10.7. The number of ketones is 1. The molecule has 5 rings (SSSR count). The van der Waals surface area contributed by atoms with Crippen LogP contribution in [0.25, 0.3) is 0 Å². The highest BCUT2D eigenvalue weighted by atomic mass is 16.3. The normalized spacial score (nSPS) is 43.9. The molecular formula is C26H38O3. The van der Waals surface area contributed by atoms with Crippen LogP contribution in [0.4, 0.5) is 0 Å². The zero-order valence-corrected chi connectivity index (χ0v) is 18.9. The van der Waals surface area contributed by atoms with E-state index in [1.165, 1.54) is 37.7 Å². The van der Waals surface area contributed by atoms with Crippen molar-refractivity contribution in [1.29, 1.82) is 0 Å². The van der Waals surface area contributed by atoms with Gasteiger partial charge < -0.3 is 9.52 Å². The molecule has 3 nitrogen and oxygen atoms in total. The molecule has 3 unspecified atom stereocenters. The molecule has 1 heterocycles. The van der Waals surface area contributed by atoms with Crippen LogP contribution in [-0.4, -0.2) is 17.0 Å². The van der Waals surface area contributed by atoms with Crippen molar-refractivity contribution in [2.45, 2.75) is 92.1 Å². The van der Waals surface area contributed by atoms with E-state index >= 15 is 0 Å². The van der Waals surface area contributed by atoms with Gasteiger partial charge in [-0.3, -0.25) is 4.79 Å². The van der Waals surface area contributed by atoms with Crippen molar-refractivity contribution in [3.05, 3.63) is 23.2 Å². The van der Waals surface area contributed by atoms with Gasteiger partial charge in [-0.1, -0.05) is 34.6 Å². The Morgan fingerprint density at radius 2 is 1.79 bits per heavy atom. The van der Waals surface area contributed by atoms with E-state index in [1.54, 1.807) is 0 Å². The van der Waals surface area contributed by atoms with Crippen molar-refractivity contribution >= 4 is 5.78 Å². The fraction of sp³-hybridized carbons (Fsp3) is 0.808. The second kappa shape index (κ2) is 6.22. The second-order valence-electron chi connectivity index (χ2n) is 12.3. The molecule has 3 heteroatoms. The van der Waals surface area contributed by atoms with E-state index in [0.29, 0.717) is 23.0 Å². The number of fused-ring (bicyclic) bond motifs is 6. The van der Waals surface area contributed by atoms with Crippen LogP contribution in [0, 0.1) is 39.9 Å². The van der Waals surface area contributed by atoms with Crippen LogP contribution in [0.1, 0.15) is 95.0 Å². The monoisotopic (exact) mass is 398 g/mol. The first kappa shape index (κ1) is 19.8. The Balaban J connectivity index is 1.45. The first-order valence-electron chi connectivity index (χ1n) is 11.9. The van der Waals surface area contributed by atoms with E-state index in [9.17, 15) is 9.90 Å². The Morgan fingerprint density at radius 3 is 2.52 bits per heavy atom. The lowest BCUT2D eigenvalue weighted by molar-refractivity contribution is -0.112. The average molecular weight is 399 g/mol. The average Bonchev–Trinajstić information content (AvgIpc) is 3.18. The molecule has 0 spiro atoms. The molecule has 1 aromatic rings. The fourth-order valence-electron chi connectivity index (χ4n) is 8.02. The van der Waals surface area contributed by atoms with Crippen LogP contribution in [0.3, 0.4) is 0 Å². The molecule has 0 aliphatic heterocycles. The molecule has 0 radical (unpaired) electrons. The van der Waals surface area contributed by atoms with Crippen molar-refractivity contribution in [3.63, 3.8) is 0 Å². The summed E-state index contributed by atoms with van der Waals surface area (Å²) < 4.78 is 6.14. The predicted octanol–water partition coefficient (Wildman–Crippen LogP) is 5.83. The summed E-state index contributed by atoms with van der Waals surface area (Å²) in [6.45, 7) is 10.8. The molecule has 160 valence electrons. The highest BCUT2D eigenvalue weighted by Gasteiger charge is 2.60. The lowest BCUT2D eigenvalue weighted by atomic mass is 9.45. The van der Waals surface area contributed by atoms with Gasteiger partial charge in [0.15, 0.2) is 5.76 Å². The van der Waals surface area contributed by atoms with Gasteiger partial charge in [0.25, 0.3) is 0 Å².